The van der Waals surface area contributed by atoms with Gasteiger partial charge in [-0.1, -0.05) is 12.1 Å². The molecule has 3 heterocycles. The molecule has 6 heteroatoms. The number of rotatable bonds is 3. The molecule has 144 valence electrons. The van der Waals surface area contributed by atoms with Crippen LogP contribution in [0.25, 0.3) is 10.4 Å². The number of hydrogen-bond acceptors (Lipinski definition) is 4. The van der Waals surface area contributed by atoms with Crippen LogP contribution in [0.5, 0.6) is 0 Å². The van der Waals surface area contributed by atoms with Crippen LogP contribution in [0.3, 0.4) is 0 Å². The number of carbonyl (C=O) groups is 1. The Hall–Kier alpha value is -1.76. The fourth-order valence-electron chi connectivity index (χ4n) is 3.97. The van der Waals surface area contributed by atoms with Crippen molar-refractivity contribution in [2.75, 3.05) is 26.3 Å². The molecule has 0 radical (unpaired) electrons. The smallest absolute Gasteiger partial charge is 0.264 e. The summed E-state index contributed by atoms with van der Waals surface area (Å²) in [5.74, 6) is 0.106. The summed E-state index contributed by atoms with van der Waals surface area (Å²) in [6, 6.07) is 7.53. The van der Waals surface area contributed by atoms with Gasteiger partial charge < -0.3 is 15.4 Å². The summed E-state index contributed by atoms with van der Waals surface area (Å²) in [6.45, 7) is 4.65. The molecule has 0 unspecified atom stereocenters. The highest BCUT2D eigenvalue weighted by Crippen LogP contribution is 2.36. The number of thiophene rings is 1. The van der Waals surface area contributed by atoms with Crippen molar-refractivity contribution in [2.24, 2.45) is 5.73 Å². The highest BCUT2D eigenvalue weighted by atomic mass is 32.1. The molecule has 4 nitrogen and oxygen atoms in total. The van der Waals surface area contributed by atoms with Crippen molar-refractivity contribution in [3.63, 3.8) is 0 Å². The zero-order valence-corrected chi connectivity index (χ0v) is 16.4. The van der Waals surface area contributed by atoms with Gasteiger partial charge in [-0.15, -0.1) is 11.3 Å². The molecule has 2 aliphatic heterocycles. The molecule has 1 aromatic heterocycles. The Bertz CT molecular complexity index is 845. The lowest BCUT2D eigenvalue weighted by molar-refractivity contribution is 0.0795. The number of halogens is 1. The highest BCUT2D eigenvalue weighted by Gasteiger charge is 2.27. The minimum absolute atomic E-state index is 0.0380. The van der Waals surface area contributed by atoms with Crippen LogP contribution in [0.2, 0.25) is 0 Å². The molecule has 4 rings (SSSR count). The normalized spacial score (nSPS) is 21.0. The third kappa shape index (κ3) is 3.79. The van der Waals surface area contributed by atoms with Crippen molar-refractivity contribution in [1.29, 1.82) is 0 Å². The Morgan fingerprint density at radius 1 is 1.26 bits per heavy atom. The molecule has 2 N–H and O–H groups in total. The van der Waals surface area contributed by atoms with E-state index in [4.69, 9.17) is 10.5 Å². The quantitative estimate of drug-likeness (QED) is 0.867. The van der Waals surface area contributed by atoms with Crippen LogP contribution in [0.15, 0.2) is 24.3 Å². The number of nitrogens with zero attached hydrogens (tertiary/aromatic N) is 1. The molecule has 27 heavy (non-hydrogen) atoms. The van der Waals surface area contributed by atoms with Gasteiger partial charge in [-0.3, -0.25) is 4.79 Å². The lowest BCUT2D eigenvalue weighted by Crippen LogP contribution is -2.31. The van der Waals surface area contributed by atoms with E-state index in [0.717, 1.165) is 45.7 Å². The maximum absolute atomic E-state index is 14.7. The number of benzene rings is 1. The number of amides is 1. The van der Waals surface area contributed by atoms with Crippen LogP contribution >= 0.6 is 11.3 Å². The third-order valence-electron chi connectivity index (χ3n) is 5.57. The van der Waals surface area contributed by atoms with Gasteiger partial charge in [0.25, 0.3) is 5.91 Å². The summed E-state index contributed by atoms with van der Waals surface area (Å²) in [5, 5.41) is 0. The van der Waals surface area contributed by atoms with Crippen molar-refractivity contribution >= 4 is 17.2 Å². The number of hydrogen-bond donors (Lipinski definition) is 1. The van der Waals surface area contributed by atoms with E-state index in [1.165, 1.54) is 11.3 Å². The lowest BCUT2D eigenvalue weighted by atomic mass is 9.90. The average Bonchev–Trinajstić information content (AvgIpc) is 3.28. The summed E-state index contributed by atoms with van der Waals surface area (Å²) < 4.78 is 20.1. The molecule has 2 saturated heterocycles. The molecule has 2 aliphatic rings. The first-order valence-corrected chi connectivity index (χ1v) is 10.4. The van der Waals surface area contributed by atoms with E-state index in [-0.39, 0.29) is 23.7 Å². The first-order chi connectivity index (χ1) is 13.0. The highest BCUT2D eigenvalue weighted by molar-refractivity contribution is 7.17. The van der Waals surface area contributed by atoms with Crippen molar-refractivity contribution in [3.8, 4) is 10.4 Å². The van der Waals surface area contributed by atoms with Gasteiger partial charge >= 0.3 is 0 Å². The summed E-state index contributed by atoms with van der Waals surface area (Å²) in [7, 11) is 0. The predicted octanol–water partition coefficient (Wildman–Crippen LogP) is 3.93. The molecule has 0 bridgehead atoms. The number of ether oxygens (including phenoxy) is 1. The molecule has 0 spiro atoms. The van der Waals surface area contributed by atoms with E-state index in [1.54, 1.807) is 6.07 Å². The monoisotopic (exact) mass is 388 g/mol. The Labute approximate surface area is 163 Å². The largest absolute Gasteiger partial charge is 0.381 e. The van der Waals surface area contributed by atoms with Gasteiger partial charge in [-0.25, -0.2) is 4.39 Å². The van der Waals surface area contributed by atoms with E-state index >= 15 is 0 Å². The summed E-state index contributed by atoms with van der Waals surface area (Å²) in [6.07, 6.45) is 2.58. The van der Waals surface area contributed by atoms with E-state index in [0.29, 0.717) is 26.3 Å². The first kappa shape index (κ1) is 18.6. The molecular formula is C21H25FN2O2S. The molecule has 1 atom stereocenters. The Morgan fingerprint density at radius 2 is 2.04 bits per heavy atom. The van der Waals surface area contributed by atoms with Gasteiger partial charge in [0.05, 0.1) is 4.88 Å². The van der Waals surface area contributed by atoms with E-state index in [9.17, 15) is 9.18 Å². The van der Waals surface area contributed by atoms with E-state index in [2.05, 4.69) is 0 Å². The molecule has 1 amide bonds. The lowest BCUT2D eigenvalue weighted by Gasteiger charge is -2.23. The molecule has 2 fully saturated rings. The minimum atomic E-state index is -0.163. The predicted molar refractivity (Wildman–Crippen MR) is 106 cm³/mol. The van der Waals surface area contributed by atoms with Gasteiger partial charge in [-0.2, -0.15) is 0 Å². The first-order valence-electron chi connectivity index (χ1n) is 9.56. The second-order valence-electron chi connectivity index (χ2n) is 7.55. The Balaban J connectivity index is 1.57. The van der Waals surface area contributed by atoms with Gasteiger partial charge in [-0.05, 0) is 60.9 Å². The number of nitrogens with two attached hydrogens (primary N) is 1. The zero-order valence-electron chi connectivity index (χ0n) is 15.5. The van der Waals surface area contributed by atoms with Crippen LogP contribution in [0.1, 0.15) is 46.0 Å². The van der Waals surface area contributed by atoms with Gasteiger partial charge in [0, 0.05) is 37.2 Å². The SMILES string of the molecule is Cc1cc(-c2ccc(C3CCOCC3)c(F)c2)sc1C(=O)N1CC[C@H](N)C1. The summed E-state index contributed by atoms with van der Waals surface area (Å²) >= 11 is 1.44. The van der Waals surface area contributed by atoms with Crippen LogP contribution in [-0.2, 0) is 4.74 Å². The van der Waals surface area contributed by atoms with Crippen molar-refractivity contribution in [1.82, 2.24) is 4.90 Å². The van der Waals surface area contributed by atoms with Crippen LogP contribution < -0.4 is 5.73 Å². The van der Waals surface area contributed by atoms with Crippen molar-refractivity contribution < 1.29 is 13.9 Å². The van der Waals surface area contributed by atoms with Crippen molar-refractivity contribution in [3.05, 3.63) is 46.1 Å². The van der Waals surface area contributed by atoms with E-state index < -0.39 is 0 Å². The number of carbonyl (C=O) groups excluding carboxylic acids is 1. The Morgan fingerprint density at radius 3 is 2.70 bits per heavy atom. The molecule has 1 aromatic carbocycles. The third-order valence-corrected chi connectivity index (χ3v) is 6.84. The van der Waals surface area contributed by atoms with Gasteiger partial charge in [0.15, 0.2) is 0 Å². The average molecular weight is 389 g/mol. The second kappa shape index (κ2) is 7.70. The van der Waals surface area contributed by atoms with Crippen LogP contribution in [0, 0.1) is 12.7 Å². The molecule has 2 aromatic rings. The summed E-state index contributed by atoms with van der Waals surface area (Å²) in [5.41, 5.74) is 8.47. The summed E-state index contributed by atoms with van der Waals surface area (Å²) in [4.78, 5) is 16.3. The fraction of sp³-hybridized carbons (Fsp3) is 0.476. The topological polar surface area (TPSA) is 55.6 Å². The van der Waals surface area contributed by atoms with Crippen LogP contribution in [0.4, 0.5) is 4.39 Å². The van der Waals surface area contributed by atoms with Gasteiger partial charge in [0.1, 0.15) is 5.82 Å². The van der Waals surface area contributed by atoms with E-state index in [1.807, 2.05) is 30.0 Å². The van der Waals surface area contributed by atoms with Crippen LogP contribution in [-0.4, -0.2) is 43.2 Å². The van der Waals surface area contributed by atoms with Gasteiger partial charge in [0.2, 0.25) is 0 Å². The molecule has 0 aliphatic carbocycles. The zero-order chi connectivity index (χ0) is 19.0. The minimum Gasteiger partial charge on any atom is -0.381 e. The second-order valence-corrected chi connectivity index (χ2v) is 8.60. The number of likely N-dealkylation sites (tertiary alicyclic amines) is 1. The maximum atomic E-state index is 14.7. The fourth-order valence-corrected chi connectivity index (χ4v) is 5.11. The number of aryl methyl sites for hydroxylation is 1. The molecular weight excluding hydrogens is 363 g/mol. The standard InChI is InChI=1S/C21H25FN2O2S/c1-13-10-19(27-20(13)21(25)24-7-4-16(23)12-24)15-2-3-17(18(22)11-15)14-5-8-26-9-6-14/h2-3,10-11,14,16H,4-9,12,23H2,1H3/t16-/m0/s1. The molecule has 0 saturated carbocycles. The Kier molecular flexibility index (Phi) is 5.30. The maximum Gasteiger partial charge on any atom is 0.264 e. The van der Waals surface area contributed by atoms with Crippen molar-refractivity contribution in [2.45, 2.75) is 38.1 Å².